The van der Waals surface area contributed by atoms with Gasteiger partial charge in [-0.1, -0.05) is 27.2 Å². The molecule has 3 amide bonds. The number of primary amides is 1. The number of aromatic nitrogens is 3. The Morgan fingerprint density at radius 1 is 1.26 bits per heavy atom. The molecule has 9 heteroatoms. The van der Waals surface area contributed by atoms with Crippen molar-refractivity contribution in [3.63, 3.8) is 0 Å². The summed E-state index contributed by atoms with van der Waals surface area (Å²) in [6.45, 7) is 6.42. The van der Waals surface area contributed by atoms with Gasteiger partial charge in [0.25, 0.3) is 5.91 Å². The SMILES string of the molecule is CCc1cc2c(C(N)=O)nn(CC(=O)N3[C@@H]4C[C@@H]4C[C@H]3C(=O)NC3CCCC(C)(C)C3)c2cn1. The molecule has 182 valence electrons. The molecule has 3 heterocycles. The second-order valence-electron chi connectivity index (χ2n) is 11.0. The van der Waals surface area contributed by atoms with E-state index >= 15 is 0 Å². The van der Waals surface area contributed by atoms with Gasteiger partial charge in [0, 0.05) is 23.2 Å². The van der Waals surface area contributed by atoms with Crippen LogP contribution in [0.4, 0.5) is 0 Å². The molecule has 34 heavy (non-hydrogen) atoms. The first kappa shape index (κ1) is 22.8. The summed E-state index contributed by atoms with van der Waals surface area (Å²) in [6.07, 6.45) is 8.25. The van der Waals surface area contributed by atoms with Gasteiger partial charge in [-0.3, -0.25) is 24.0 Å². The van der Waals surface area contributed by atoms with Crippen molar-refractivity contribution < 1.29 is 14.4 Å². The monoisotopic (exact) mass is 466 g/mol. The number of pyridine rings is 1. The molecule has 0 radical (unpaired) electrons. The fraction of sp³-hybridized carbons (Fsp3) is 0.640. The molecule has 2 saturated carbocycles. The Kier molecular flexibility index (Phi) is 5.61. The number of nitrogens with two attached hydrogens (primary N) is 1. The minimum atomic E-state index is -0.638. The molecule has 1 aliphatic heterocycles. The van der Waals surface area contributed by atoms with E-state index in [-0.39, 0.29) is 41.6 Å². The molecular formula is C25H34N6O3. The van der Waals surface area contributed by atoms with Gasteiger partial charge in [0.1, 0.15) is 12.6 Å². The van der Waals surface area contributed by atoms with E-state index in [4.69, 9.17) is 5.73 Å². The molecule has 1 unspecified atom stereocenters. The summed E-state index contributed by atoms with van der Waals surface area (Å²) < 4.78 is 1.50. The van der Waals surface area contributed by atoms with Gasteiger partial charge in [0.15, 0.2) is 5.69 Å². The number of amides is 3. The number of nitrogens with one attached hydrogen (secondary N) is 1. The Bertz CT molecular complexity index is 1150. The van der Waals surface area contributed by atoms with Crippen LogP contribution >= 0.6 is 0 Å². The zero-order valence-electron chi connectivity index (χ0n) is 20.2. The number of carbonyl (C=O) groups excluding carboxylic acids is 3. The molecule has 9 nitrogen and oxygen atoms in total. The average Bonchev–Trinajstić information content (AvgIpc) is 3.28. The van der Waals surface area contributed by atoms with E-state index in [2.05, 4.69) is 29.2 Å². The summed E-state index contributed by atoms with van der Waals surface area (Å²) >= 11 is 0. The van der Waals surface area contributed by atoms with Crippen molar-refractivity contribution in [2.45, 2.75) is 90.4 Å². The van der Waals surface area contributed by atoms with Gasteiger partial charge in [-0.2, -0.15) is 5.10 Å². The zero-order chi connectivity index (χ0) is 24.2. The number of hydrogen-bond acceptors (Lipinski definition) is 5. The van der Waals surface area contributed by atoms with Crippen LogP contribution in [0.3, 0.4) is 0 Å². The summed E-state index contributed by atoms with van der Waals surface area (Å²) in [5, 5.41) is 8.19. The average molecular weight is 467 g/mol. The number of likely N-dealkylation sites (tertiary alicyclic amines) is 1. The minimum Gasteiger partial charge on any atom is -0.364 e. The van der Waals surface area contributed by atoms with Crippen LogP contribution in [0, 0.1) is 11.3 Å². The molecule has 4 atom stereocenters. The lowest BCUT2D eigenvalue weighted by Crippen LogP contribution is -2.52. The Hall–Kier alpha value is -2.97. The molecular weight excluding hydrogens is 432 g/mol. The van der Waals surface area contributed by atoms with Gasteiger partial charge >= 0.3 is 0 Å². The number of hydrogen-bond donors (Lipinski definition) is 2. The molecule has 3 fully saturated rings. The van der Waals surface area contributed by atoms with Crippen LogP contribution in [-0.4, -0.2) is 55.5 Å². The van der Waals surface area contributed by atoms with Gasteiger partial charge in [-0.05, 0) is 55.9 Å². The maximum Gasteiger partial charge on any atom is 0.269 e. The molecule has 2 aromatic rings. The van der Waals surface area contributed by atoms with Crippen molar-refractivity contribution in [2.75, 3.05) is 0 Å². The third-order valence-corrected chi connectivity index (χ3v) is 7.82. The van der Waals surface area contributed by atoms with Gasteiger partial charge in [0.05, 0.1) is 11.7 Å². The number of fused-ring (bicyclic) bond motifs is 2. The van der Waals surface area contributed by atoms with Crippen molar-refractivity contribution in [3.05, 3.63) is 23.7 Å². The molecule has 0 bridgehead atoms. The van der Waals surface area contributed by atoms with E-state index in [0.29, 0.717) is 29.7 Å². The molecule has 0 aromatic carbocycles. The number of carbonyl (C=O) groups is 3. The first-order valence-electron chi connectivity index (χ1n) is 12.4. The minimum absolute atomic E-state index is 0.0411. The summed E-state index contributed by atoms with van der Waals surface area (Å²) in [5.74, 6) is -0.442. The van der Waals surface area contributed by atoms with E-state index in [1.165, 1.54) is 11.1 Å². The molecule has 0 spiro atoms. The number of aryl methyl sites for hydroxylation is 1. The topological polar surface area (TPSA) is 123 Å². The normalized spacial score (nSPS) is 27.4. The zero-order valence-corrected chi connectivity index (χ0v) is 20.2. The highest BCUT2D eigenvalue weighted by Gasteiger charge is 2.56. The lowest BCUT2D eigenvalue weighted by atomic mass is 9.75. The predicted molar refractivity (Wildman–Crippen MR) is 127 cm³/mol. The van der Waals surface area contributed by atoms with Gasteiger partial charge in [0.2, 0.25) is 11.8 Å². The van der Waals surface area contributed by atoms with Gasteiger partial charge in [-0.15, -0.1) is 0 Å². The third-order valence-electron chi connectivity index (χ3n) is 7.82. The second kappa shape index (κ2) is 8.36. The smallest absolute Gasteiger partial charge is 0.269 e. The van der Waals surface area contributed by atoms with Crippen LogP contribution < -0.4 is 11.1 Å². The Balaban J connectivity index is 1.34. The number of piperidine rings is 1. The van der Waals surface area contributed by atoms with Crippen molar-refractivity contribution in [1.82, 2.24) is 25.0 Å². The lowest BCUT2D eigenvalue weighted by molar-refractivity contribution is -0.140. The molecule has 5 rings (SSSR count). The standard InChI is InChI=1S/C25H34N6O3/c1-4-15-10-17-20(12-27-15)30(29-22(17)23(26)33)13-21(32)31-18-8-14(18)9-19(31)24(34)28-16-6-5-7-25(2,3)11-16/h10,12,14,16,18-19H,4-9,11,13H2,1-3H3,(H2,26,33)(H,28,34)/t14-,16?,18-,19+/m1/s1. The lowest BCUT2D eigenvalue weighted by Gasteiger charge is -2.36. The first-order valence-corrected chi connectivity index (χ1v) is 12.4. The molecule has 1 saturated heterocycles. The summed E-state index contributed by atoms with van der Waals surface area (Å²) in [7, 11) is 0. The Morgan fingerprint density at radius 3 is 2.76 bits per heavy atom. The van der Waals surface area contributed by atoms with E-state index in [9.17, 15) is 14.4 Å². The summed E-state index contributed by atoms with van der Waals surface area (Å²) in [5.41, 5.74) is 7.34. The largest absolute Gasteiger partial charge is 0.364 e. The maximum absolute atomic E-state index is 13.5. The van der Waals surface area contributed by atoms with Gasteiger partial charge in [-0.25, -0.2) is 0 Å². The van der Waals surface area contributed by atoms with Crippen LogP contribution in [0.25, 0.3) is 10.9 Å². The second-order valence-corrected chi connectivity index (χ2v) is 11.0. The number of rotatable bonds is 6. The van der Waals surface area contributed by atoms with Crippen LogP contribution in [0.15, 0.2) is 12.3 Å². The van der Waals surface area contributed by atoms with Crippen molar-refractivity contribution in [1.29, 1.82) is 0 Å². The fourth-order valence-corrected chi connectivity index (χ4v) is 5.99. The summed E-state index contributed by atoms with van der Waals surface area (Å²) in [4.78, 5) is 44.8. The van der Waals surface area contributed by atoms with Crippen molar-refractivity contribution in [3.8, 4) is 0 Å². The van der Waals surface area contributed by atoms with Crippen LogP contribution in [0.2, 0.25) is 0 Å². The fourth-order valence-electron chi connectivity index (χ4n) is 5.99. The van der Waals surface area contributed by atoms with E-state index in [0.717, 1.165) is 31.4 Å². The first-order chi connectivity index (χ1) is 16.2. The van der Waals surface area contributed by atoms with Crippen LogP contribution in [-0.2, 0) is 22.6 Å². The Morgan fingerprint density at radius 2 is 2.06 bits per heavy atom. The molecule has 2 aliphatic carbocycles. The highest BCUT2D eigenvalue weighted by molar-refractivity contribution is 6.04. The van der Waals surface area contributed by atoms with Crippen LogP contribution in [0.5, 0.6) is 0 Å². The third kappa shape index (κ3) is 4.16. The quantitative estimate of drug-likeness (QED) is 0.675. The van der Waals surface area contributed by atoms with Crippen LogP contribution in [0.1, 0.15) is 75.5 Å². The van der Waals surface area contributed by atoms with Crippen molar-refractivity contribution >= 4 is 28.6 Å². The molecule has 3 aliphatic rings. The predicted octanol–water partition coefficient (Wildman–Crippen LogP) is 2.17. The molecule has 2 aromatic heterocycles. The summed E-state index contributed by atoms with van der Waals surface area (Å²) in [6, 6.07) is 1.65. The Labute approximate surface area is 199 Å². The number of nitrogens with zero attached hydrogens (tertiary/aromatic N) is 4. The highest BCUT2D eigenvalue weighted by atomic mass is 16.2. The van der Waals surface area contributed by atoms with E-state index in [1.54, 1.807) is 17.2 Å². The highest BCUT2D eigenvalue weighted by Crippen LogP contribution is 2.48. The molecule has 3 N–H and O–H groups in total. The maximum atomic E-state index is 13.5. The van der Waals surface area contributed by atoms with Crippen molar-refractivity contribution in [2.24, 2.45) is 17.1 Å². The van der Waals surface area contributed by atoms with E-state index < -0.39 is 11.9 Å². The van der Waals surface area contributed by atoms with E-state index in [1.807, 2.05) is 6.92 Å². The van der Waals surface area contributed by atoms with Gasteiger partial charge < -0.3 is 16.0 Å².